The van der Waals surface area contributed by atoms with E-state index in [9.17, 15) is 9.59 Å². The first-order chi connectivity index (χ1) is 14.9. The summed E-state index contributed by atoms with van der Waals surface area (Å²) in [4.78, 5) is 32.6. The number of carbonyl (C=O) groups is 2. The van der Waals surface area contributed by atoms with Crippen LogP contribution in [0.2, 0.25) is 0 Å². The first-order valence-electron chi connectivity index (χ1n) is 11.2. The van der Waals surface area contributed by atoms with E-state index in [1.807, 2.05) is 24.3 Å². The maximum absolute atomic E-state index is 12.6. The SMILES string of the molecule is CN=C(NCc1ccc(C(=O)N2CCNC(=O)C2)cc1)NCC(C)(C)N1CCCCC1. The molecule has 8 heteroatoms. The van der Waals surface area contributed by atoms with E-state index in [1.54, 1.807) is 11.9 Å². The number of benzene rings is 1. The van der Waals surface area contributed by atoms with Crippen molar-refractivity contribution < 1.29 is 9.59 Å². The summed E-state index contributed by atoms with van der Waals surface area (Å²) in [6.45, 7) is 9.49. The topological polar surface area (TPSA) is 89.1 Å². The molecule has 2 fully saturated rings. The van der Waals surface area contributed by atoms with Crippen molar-refractivity contribution in [3.05, 3.63) is 35.4 Å². The normalized spacial score (nSPS) is 18.5. The zero-order chi connectivity index (χ0) is 22.3. The Morgan fingerprint density at radius 1 is 1.10 bits per heavy atom. The van der Waals surface area contributed by atoms with Gasteiger partial charge in [-0.2, -0.15) is 0 Å². The Kier molecular flexibility index (Phi) is 7.90. The Bertz CT molecular complexity index is 784. The van der Waals surface area contributed by atoms with Crippen LogP contribution in [0.5, 0.6) is 0 Å². The van der Waals surface area contributed by atoms with Crippen LogP contribution >= 0.6 is 0 Å². The molecule has 170 valence electrons. The van der Waals surface area contributed by atoms with Crippen LogP contribution in [0.4, 0.5) is 0 Å². The third-order valence-corrected chi connectivity index (χ3v) is 6.11. The number of piperazine rings is 1. The van der Waals surface area contributed by atoms with Crippen LogP contribution in [0.3, 0.4) is 0 Å². The summed E-state index contributed by atoms with van der Waals surface area (Å²) in [5, 5.41) is 9.54. The van der Waals surface area contributed by atoms with Gasteiger partial charge in [0.25, 0.3) is 5.91 Å². The Balaban J connectivity index is 1.48. The van der Waals surface area contributed by atoms with E-state index < -0.39 is 0 Å². The van der Waals surface area contributed by atoms with Crippen LogP contribution < -0.4 is 16.0 Å². The van der Waals surface area contributed by atoms with Crippen molar-refractivity contribution in [2.24, 2.45) is 4.99 Å². The van der Waals surface area contributed by atoms with Gasteiger partial charge in [-0.25, -0.2) is 0 Å². The van der Waals surface area contributed by atoms with Crippen molar-refractivity contribution in [2.75, 3.05) is 46.3 Å². The van der Waals surface area contributed by atoms with Crippen LogP contribution in [0, 0.1) is 0 Å². The average Bonchev–Trinajstić information content (AvgIpc) is 2.79. The quantitative estimate of drug-likeness (QED) is 0.468. The van der Waals surface area contributed by atoms with Crippen molar-refractivity contribution >= 4 is 17.8 Å². The second-order valence-corrected chi connectivity index (χ2v) is 8.91. The second kappa shape index (κ2) is 10.6. The van der Waals surface area contributed by atoms with Crippen LogP contribution in [0.1, 0.15) is 49.0 Å². The highest BCUT2D eigenvalue weighted by atomic mass is 16.2. The zero-order valence-corrected chi connectivity index (χ0v) is 19.0. The van der Waals surface area contributed by atoms with Crippen molar-refractivity contribution in [3.63, 3.8) is 0 Å². The second-order valence-electron chi connectivity index (χ2n) is 8.91. The lowest BCUT2D eigenvalue weighted by atomic mass is 9.98. The maximum atomic E-state index is 12.6. The minimum Gasteiger partial charge on any atom is -0.355 e. The van der Waals surface area contributed by atoms with Gasteiger partial charge in [0.15, 0.2) is 5.96 Å². The molecule has 1 aromatic carbocycles. The van der Waals surface area contributed by atoms with Crippen molar-refractivity contribution in [1.82, 2.24) is 25.8 Å². The smallest absolute Gasteiger partial charge is 0.254 e. The summed E-state index contributed by atoms with van der Waals surface area (Å²) in [7, 11) is 1.78. The van der Waals surface area contributed by atoms with Gasteiger partial charge in [0.1, 0.15) is 0 Å². The lowest BCUT2D eigenvalue weighted by Crippen LogP contribution is -2.54. The first kappa shape index (κ1) is 23.1. The molecule has 0 bridgehead atoms. The molecule has 2 heterocycles. The predicted octanol–water partition coefficient (Wildman–Crippen LogP) is 1.19. The molecule has 2 amide bonds. The number of hydrogen-bond acceptors (Lipinski definition) is 4. The average molecular weight is 429 g/mol. The van der Waals surface area contributed by atoms with E-state index in [-0.39, 0.29) is 23.9 Å². The molecule has 0 aromatic heterocycles. The largest absolute Gasteiger partial charge is 0.355 e. The molecule has 0 spiro atoms. The summed E-state index contributed by atoms with van der Waals surface area (Å²) >= 11 is 0. The number of likely N-dealkylation sites (tertiary alicyclic amines) is 1. The van der Waals surface area contributed by atoms with Gasteiger partial charge in [-0.05, 0) is 57.5 Å². The summed E-state index contributed by atoms with van der Waals surface area (Å²) in [6.07, 6.45) is 3.89. The van der Waals surface area contributed by atoms with Crippen molar-refractivity contribution in [1.29, 1.82) is 0 Å². The molecular formula is C23H36N6O2. The minimum absolute atomic E-state index is 0.0748. The van der Waals surface area contributed by atoms with Gasteiger partial charge in [-0.1, -0.05) is 18.6 Å². The van der Waals surface area contributed by atoms with E-state index in [4.69, 9.17) is 0 Å². The van der Waals surface area contributed by atoms with E-state index in [2.05, 4.69) is 39.7 Å². The number of amides is 2. The highest BCUT2D eigenvalue weighted by Crippen LogP contribution is 2.19. The lowest BCUT2D eigenvalue weighted by molar-refractivity contribution is -0.123. The van der Waals surface area contributed by atoms with Gasteiger partial charge in [-0.15, -0.1) is 0 Å². The van der Waals surface area contributed by atoms with E-state index in [0.717, 1.165) is 31.2 Å². The molecule has 0 atom stereocenters. The Morgan fingerprint density at radius 3 is 2.45 bits per heavy atom. The van der Waals surface area contributed by atoms with Gasteiger partial charge in [0, 0.05) is 44.3 Å². The minimum atomic E-state index is -0.109. The van der Waals surface area contributed by atoms with Crippen LogP contribution in [-0.2, 0) is 11.3 Å². The molecular weight excluding hydrogens is 392 g/mol. The molecule has 31 heavy (non-hydrogen) atoms. The number of carbonyl (C=O) groups excluding carboxylic acids is 2. The predicted molar refractivity (Wildman–Crippen MR) is 123 cm³/mol. The molecule has 3 N–H and O–H groups in total. The van der Waals surface area contributed by atoms with Gasteiger partial charge < -0.3 is 20.9 Å². The molecule has 2 aliphatic heterocycles. The third kappa shape index (κ3) is 6.43. The number of nitrogens with zero attached hydrogens (tertiary/aromatic N) is 3. The highest BCUT2D eigenvalue weighted by molar-refractivity contribution is 5.97. The number of guanidine groups is 1. The molecule has 2 aliphatic rings. The van der Waals surface area contributed by atoms with Crippen LogP contribution in [0.25, 0.3) is 0 Å². The lowest BCUT2D eigenvalue weighted by Gasteiger charge is -2.41. The van der Waals surface area contributed by atoms with Gasteiger partial charge in [0.05, 0.1) is 6.54 Å². The Hall–Kier alpha value is -2.61. The zero-order valence-electron chi connectivity index (χ0n) is 19.0. The van der Waals surface area contributed by atoms with E-state index in [0.29, 0.717) is 25.2 Å². The molecule has 0 unspecified atom stereocenters. The van der Waals surface area contributed by atoms with Gasteiger partial charge in [-0.3, -0.25) is 19.5 Å². The summed E-state index contributed by atoms with van der Waals surface area (Å²) < 4.78 is 0. The maximum Gasteiger partial charge on any atom is 0.254 e. The third-order valence-electron chi connectivity index (χ3n) is 6.11. The fourth-order valence-corrected chi connectivity index (χ4v) is 4.08. The summed E-state index contributed by atoms with van der Waals surface area (Å²) in [5.41, 5.74) is 1.74. The Morgan fingerprint density at radius 2 is 1.81 bits per heavy atom. The number of aliphatic imine (C=N–C) groups is 1. The fraction of sp³-hybridized carbons (Fsp3) is 0.609. The molecule has 3 rings (SSSR count). The highest BCUT2D eigenvalue weighted by Gasteiger charge is 2.28. The molecule has 1 aromatic rings. The van der Waals surface area contributed by atoms with Crippen LogP contribution in [-0.4, -0.2) is 79.4 Å². The first-order valence-corrected chi connectivity index (χ1v) is 11.2. The standard InChI is InChI=1S/C23H36N6O2/c1-23(2,29-12-5-4-6-13-29)17-27-22(24-3)26-15-18-7-9-19(10-8-18)21(31)28-14-11-25-20(30)16-28/h7-10H,4-6,11-17H2,1-3H3,(H,25,30)(H2,24,26,27). The van der Waals surface area contributed by atoms with Crippen LogP contribution in [0.15, 0.2) is 29.3 Å². The van der Waals surface area contributed by atoms with E-state index >= 15 is 0 Å². The van der Waals surface area contributed by atoms with E-state index in [1.165, 1.54) is 19.3 Å². The fourth-order valence-electron chi connectivity index (χ4n) is 4.08. The Labute approximate surface area is 185 Å². The monoisotopic (exact) mass is 428 g/mol. The molecule has 0 radical (unpaired) electrons. The number of nitrogens with one attached hydrogen (secondary N) is 3. The van der Waals surface area contributed by atoms with Gasteiger partial charge in [0.2, 0.25) is 5.91 Å². The van der Waals surface area contributed by atoms with Crippen molar-refractivity contribution in [3.8, 4) is 0 Å². The number of rotatable bonds is 6. The number of hydrogen-bond donors (Lipinski definition) is 3. The van der Waals surface area contributed by atoms with Crippen molar-refractivity contribution in [2.45, 2.75) is 45.2 Å². The summed E-state index contributed by atoms with van der Waals surface area (Å²) in [6, 6.07) is 7.52. The molecule has 0 aliphatic carbocycles. The van der Waals surface area contributed by atoms with Gasteiger partial charge >= 0.3 is 0 Å². The molecule has 2 saturated heterocycles. The molecule has 0 saturated carbocycles. The number of piperidine rings is 1. The summed E-state index contributed by atoms with van der Waals surface area (Å²) in [5.74, 6) is 0.555. The molecule has 8 nitrogen and oxygen atoms in total.